The fraction of sp³-hybridized carbons (Fsp3) is 0.833. The lowest BCUT2D eigenvalue weighted by molar-refractivity contribution is -0.142. The van der Waals surface area contributed by atoms with Gasteiger partial charge in [0.05, 0.1) is 13.2 Å². The van der Waals surface area contributed by atoms with Crippen LogP contribution in [0.1, 0.15) is 39.5 Å². The Morgan fingerprint density at radius 1 is 0.778 bits per heavy atom. The molecule has 0 aromatic rings. The highest BCUT2D eigenvalue weighted by Gasteiger charge is 1.91. The minimum atomic E-state index is -0.257. The summed E-state index contributed by atoms with van der Waals surface area (Å²) in [6.45, 7) is 3.94. The van der Waals surface area contributed by atoms with Crippen LogP contribution in [0.25, 0.3) is 0 Å². The van der Waals surface area contributed by atoms with Gasteiger partial charge in [0.1, 0.15) is 0 Å². The first kappa shape index (κ1) is 19.2. The van der Waals surface area contributed by atoms with Crippen molar-refractivity contribution in [1.82, 2.24) is 0 Å². The fourth-order valence-electron chi connectivity index (χ4n) is 0.860. The third-order valence-corrected chi connectivity index (χ3v) is 1.72. The summed E-state index contributed by atoms with van der Waals surface area (Å²) in [5.41, 5.74) is 0. The van der Waals surface area contributed by atoms with Crippen LogP contribution in [-0.4, -0.2) is 48.6 Å². The summed E-state index contributed by atoms with van der Waals surface area (Å²) in [5.74, 6) is -0.513. The van der Waals surface area contributed by atoms with Crippen molar-refractivity contribution in [3.05, 3.63) is 0 Å². The van der Waals surface area contributed by atoms with E-state index >= 15 is 0 Å². The van der Waals surface area contributed by atoms with Crippen molar-refractivity contribution in [2.75, 3.05) is 26.4 Å². The molecule has 0 saturated heterocycles. The van der Waals surface area contributed by atoms with Gasteiger partial charge >= 0.3 is 11.9 Å². The second-order valence-electron chi connectivity index (χ2n) is 3.54. The highest BCUT2D eigenvalue weighted by molar-refractivity contribution is 5.66. The Bertz CT molecular complexity index is 183. The molecular formula is C12H24O6. The van der Waals surface area contributed by atoms with Crippen LogP contribution in [0.2, 0.25) is 0 Å². The van der Waals surface area contributed by atoms with Gasteiger partial charge < -0.3 is 19.7 Å². The lowest BCUT2D eigenvalue weighted by Crippen LogP contribution is -2.00. The van der Waals surface area contributed by atoms with Crippen LogP contribution >= 0.6 is 0 Å². The summed E-state index contributed by atoms with van der Waals surface area (Å²) < 4.78 is 9.19. The molecule has 18 heavy (non-hydrogen) atoms. The van der Waals surface area contributed by atoms with Crippen molar-refractivity contribution >= 4 is 11.9 Å². The highest BCUT2D eigenvalue weighted by Crippen LogP contribution is 1.88. The third kappa shape index (κ3) is 24.2. The number of ether oxygens (including phenoxy) is 2. The van der Waals surface area contributed by atoms with Crippen LogP contribution in [0, 0.1) is 0 Å². The Balaban J connectivity index is 0. The van der Waals surface area contributed by atoms with Gasteiger partial charge in [-0.1, -0.05) is 0 Å². The Morgan fingerprint density at radius 2 is 1.11 bits per heavy atom. The SMILES string of the molecule is CC(=O)OCCCCO.CC(=O)OCCCCO. The molecule has 6 nitrogen and oxygen atoms in total. The zero-order valence-corrected chi connectivity index (χ0v) is 11.2. The van der Waals surface area contributed by atoms with Gasteiger partial charge in [0.2, 0.25) is 0 Å². The van der Waals surface area contributed by atoms with Crippen molar-refractivity contribution in [1.29, 1.82) is 0 Å². The first-order valence-electron chi connectivity index (χ1n) is 6.03. The smallest absolute Gasteiger partial charge is 0.302 e. The maximum absolute atomic E-state index is 10.1. The largest absolute Gasteiger partial charge is 0.466 e. The molecule has 0 unspecified atom stereocenters. The molecular weight excluding hydrogens is 240 g/mol. The molecule has 0 fully saturated rings. The predicted molar refractivity (Wildman–Crippen MR) is 65.9 cm³/mol. The molecule has 0 aliphatic heterocycles. The summed E-state index contributed by atoms with van der Waals surface area (Å²) in [7, 11) is 0. The van der Waals surface area contributed by atoms with Crippen molar-refractivity contribution < 1.29 is 29.3 Å². The Morgan fingerprint density at radius 3 is 1.33 bits per heavy atom. The van der Waals surface area contributed by atoms with Gasteiger partial charge in [0.25, 0.3) is 0 Å². The summed E-state index contributed by atoms with van der Waals surface area (Å²) in [6, 6.07) is 0. The van der Waals surface area contributed by atoms with Gasteiger partial charge in [0, 0.05) is 27.1 Å². The number of carbonyl (C=O) groups is 2. The molecule has 0 bridgehead atoms. The van der Waals surface area contributed by atoms with Crippen molar-refractivity contribution in [3.8, 4) is 0 Å². The minimum absolute atomic E-state index is 0.168. The Kier molecular flexibility index (Phi) is 16.9. The number of unbranched alkanes of at least 4 members (excludes halogenated alkanes) is 2. The number of esters is 2. The van der Waals surface area contributed by atoms with Crippen molar-refractivity contribution in [2.24, 2.45) is 0 Å². The summed E-state index contributed by atoms with van der Waals surface area (Å²) in [6.07, 6.45) is 2.90. The molecule has 0 aliphatic carbocycles. The summed E-state index contributed by atoms with van der Waals surface area (Å²) in [5, 5.41) is 16.6. The van der Waals surface area contributed by atoms with E-state index < -0.39 is 0 Å². The van der Waals surface area contributed by atoms with Crippen LogP contribution in [0.3, 0.4) is 0 Å². The van der Waals surface area contributed by atoms with Crippen LogP contribution in [0.15, 0.2) is 0 Å². The minimum Gasteiger partial charge on any atom is -0.466 e. The van der Waals surface area contributed by atoms with Crippen LogP contribution < -0.4 is 0 Å². The average Bonchev–Trinajstić information content (AvgIpc) is 2.31. The number of rotatable bonds is 8. The van der Waals surface area contributed by atoms with E-state index in [-0.39, 0.29) is 25.2 Å². The third-order valence-electron chi connectivity index (χ3n) is 1.72. The molecule has 0 radical (unpaired) electrons. The number of carbonyl (C=O) groups excluding carboxylic acids is 2. The van der Waals surface area contributed by atoms with E-state index in [2.05, 4.69) is 9.47 Å². The number of aliphatic hydroxyl groups excluding tert-OH is 2. The highest BCUT2D eigenvalue weighted by atomic mass is 16.5. The molecule has 0 amide bonds. The van der Waals surface area contributed by atoms with Crippen LogP contribution in [0.5, 0.6) is 0 Å². The van der Waals surface area contributed by atoms with Gasteiger partial charge in [-0.3, -0.25) is 9.59 Å². The van der Waals surface area contributed by atoms with E-state index in [1.165, 1.54) is 13.8 Å². The van der Waals surface area contributed by atoms with Gasteiger partial charge in [0.15, 0.2) is 0 Å². The monoisotopic (exact) mass is 264 g/mol. The Hall–Kier alpha value is -1.14. The first-order valence-corrected chi connectivity index (χ1v) is 6.03. The van der Waals surface area contributed by atoms with Crippen molar-refractivity contribution in [2.45, 2.75) is 39.5 Å². The number of hydrogen-bond acceptors (Lipinski definition) is 6. The lowest BCUT2D eigenvalue weighted by atomic mass is 10.3. The fourth-order valence-corrected chi connectivity index (χ4v) is 0.860. The first-order chi connectivity index (χ1) is 8.54. The van der Waals surface area contributed by atoms with Crippen molar-refractivity contribution in [3.63, 3.8) is 0 Å². The molecule has 0 atom stereocenters. The second kappa shape index (κ2) is 15.9. The van der Waals surface area contributed by atoms with E-state index in [9.17, 15) is 9.59 Å². The Labute approximate surface area is 108 Å². The number of aliphatic hydroxyl groups is 2. The molecule has 0 heterocycles. The maximum Gasteiger partial charge on any atom is 0.302 e. The van der Waals surface area contributed by atoms with E-state index in [0.717, 1.165) is 12.8 Å². The van der Waals surface area contributed by atoms with Gasteiger partial charge in [-0.2, -0.15) is 0 Å². The van der Waals surface area contributed by atoms with Crippen LogP contribution in [-0.2, 0) is 19.1 Å². The molecule has 108 valence electrons. The maximum atomic E-state index is 10.1. The summed E-state index contributed by atoms with van der Waals surface area (Å²) >= 11 is 0. The standard InChI is InChI=1S/2C6H12O3/c2*1-6(8)9-5-3-2-4-7/h2*7H,2-5H2,1H3. The van der Waals surface area contributed by atoms with Gasteiger partial charge in [-0.05, 0) is 25.7 Å². The van der Waals surface area contributed by atoms with E-state index in [0.29, 0.717) is 26.1 Å². The van der Waals surface area contributed by atoms with E-state index in [4.69, 9.17) is 10.2 Å². The average molecular weight is 264 g/mol. The van der Waals surface area contributed by atoms with E-state index in [1.54, 1.807) is 0 Å². The molecule has 0 rings (SSSR count). The molecule has 0 saturated carbocycles. The zero-order chi connectivity index (χ0) is 14.2. The second-order valence-corrected chi connectivity index (χ2v) is 3.54. The quantitative estimate of drug-likeness (QED) is 0.494. The molecule has 2 N–H and O–H groups in total. The lowest BCUT2D eigenvalue weighted by Gasteiger charge is -1.97. The van der Waals surface area contributed by atoms with E-state index in [1.807, 2.05) is 0 Å². The summed E-state index contributed by atoms with van der Waals surface area (Å²) in [4.78, 5) is 20.2. The van der Waals surface area contributed by atoms with Crippen LogP contribution in [0.4, 0.5) is 0 Å². The number of hydrogen-bond donors (Lipinski definition) is 2. The molecule has 6 heteroatoms. The molecule has 0 aromatic heterocycles. The topological polar surface area (TPSA) is 93.1 Å². The molecule has 0 aliphatic rings. The zero-order valence-electron chi connectivity index (χ0n) is 11.2. The van der Waals surface area contributed by atoms with Gasteiger partial charge in [-0.15, -0.1) is 0 Å². The molecule has 0 aromatic carbocycles. The predicted octanol–water partition coefficient (Wildman–Crippen LogP) is 0.644. The molecule has 0 spiro atoms. The normalized spacial score (nSPS) is 9.11. The van der Waals surface area contributed by atoms with Gasteiger partial charge in [-0.25, -0.2) is 0 Å².